The van der Waals surface area contributed by atoms with Gasteiger partial charge in [-0.05, 0) is 66.7 Å². The number of hydrogen-bond acceptors (Lipinski definition) is 4. The number of carbonyl (C=O) groups is 1. The van der Waals surface area contributed by atoms with Crippen LogP contribution in [-0.4, -0.2) is 25.8 Å². The number of hydrogen-bond donors (Lipinski definition) is 0. The normalized spacial score (nSPS) is 22.6. The fraction of sp³-hybridized carbons (Fsp3) is 0.500. The molecule has 2 aromatic rings. The molecule has 4 nitrogen and oxygen atoms in total. The van der Waals surface area contributed by atoms with Gasteiger partial charge in [0.15, 0.2) is 0 Å². The second kappa shape index (κ2) is 9.65. The number of ether oxygens (including phenoxy) is 3. The first kappa shape index (κ1) is 20.9. The van der Waals surface area contributed by atoms with Crippen molar-refractivity contribution in [3.05, 3.63) is 65.7 Å². The van der Waals surface area contributed by atoms with Gasteiger partial charge in [0.1, 0.15) is 5.75 Å². The molecule has 0 aromatic heterocycles. The zero-order chi connectivity index (χ0) is 20.9. The summed E-state index contributed by atoms with van der Waals surface area (Å²) in [6.07, 6.45) is 4.81. The summed E-state index contributed by atoms with van der Waals surface area (Å²) < 4.78 is 17.1. The Labute approximate surface area is 179 Å². The van der Waals surface area contributed by atoms with E-state index in [0.717, 1.165) is 25.2 Å². The topological polar surface area (TPSA) is 44.8 Å². The van der Waals surface area contributed by atoms with Crippen LogP contribution < -0.4 is 4.74 Å². The van der Waals surface area contributed by atoms with E-state index in [0.29, 0.717) is 24.5 Å². The number of methoxy groups -OCH3 is 1. The zero-order valence-corrected chi connectivity index (χ0v) is 18.0. The summed E-state index contributed by atoms with van der Waals surface area (Å²) >= 11 is 0. The van der Waals surface area contributed by atoms with Gasteiger partial charge in [0.25, 0.3) is 0 Å². The third-order valence-electron chi connectivity index (χ3n) is 6.49. The van der Waals surface area contributed by atoms with Crippen molar-refractivity contribution in [3.63, 3.8) is 0 Å². The maximum Gasteiger partial charge on any atom is 0.309 e. The lowest BCUT2D eigenvalue weighted by Crippen LogP contribution is -2.34. The highest BCUT2D eigenvalue weighted by molar-refractivity contribution is 5.73. The molecular formula is C26H32O4. The first-order valence-electron chi connectivity index (χ1n) is 11.1. The highest BCUT2D eigenvalue weighted by Crippen LogP contribution is 2.47. The standard InChI is InChI=1S/C26H32O4/c1-18(26(27)28-2)25(21-11-12-21)22-9-6-10-23(15-22)29-17-20-13-24(14-20)30-16-19-7-4-3-5-8-19/h3-10,15,18,20-21,24-25H,11-14,16-17H2,1-2H3/t18-,20?,24?,25-/m0/s1. The summed E-state index contributed by atoms with van der Waals surface area (Å²) in [5.74, 6) is 1.96. The van der Waals surface area contributed by atoms with E-state index in [1.54, 1.807) is 0 Å². The third-order valence-corrected chi connectivity index (χ3v) is 6.49. The van der Waals surface area contributed by atoms with E-state index in [2.05, 4.69) is 24.3 Å². The summed E-state index contributed by atoms with van der Waals surface area (Å²) in [5.41, 5.74) is 2.41. The van der Waals surface area contributed by atoms with E-state index < -0.39 is 0 Å². The molecule has 0 N–H and O–H groups in total. The molecule has 2 aliphatic carbocycles. The molecule has 0 unspecified atom stereocenters. The van der Waals surface area contributed by atoms with Crippen molar-refractivity contribution in [2.45, 2.75) is 51.2 Å². The Morgan fingerprint density at radius 3 is 2.53 bits per heavy atom. The number of carbonyl (C=O) groups excluding carboxylic acids is 1. The minimum Gasteiger partial charge on any atom is -0.493 e. The van der Waals surface area contributed by atoms with Crippen molar-refractivity contribution in [2.75, 3.05) is 13.7 Å². The summed E-state index contributed by atoms with van der Waals surface area (Å²) in [6.45, 7) is 3.38. The quantitative estimate of drug-likeness (QED) is 0.496. The van der Waals surface area contributed by atoms with Crippen molar-refractivity contribution >= 4 is 5.97 Å². The molecule has 2 fully saturated rings. The van der Waals surface area contributed by atoms with Crippen LogP contribution in [0.3, 0.4) is 0 Å². The van der Waals surface area contributed by atoms with Crippen LogP contribution >= 0.6 is 0 Å². The van der Waals surface area contributed by atoms with E-state index in [-0.39, 0.29) is 17.8 Å². The van der Waals surface area contributed by atoms with E-state index in [4.69, 9.17) is 14.2 Å². The predicted molar refractivity (Wildman–Crippen MR) is 116 cm³/mol. The molecule has 4 rings (SSSR count). The van der Waals surface area contributed by atoms with Gasteiger partial charge in [-0.2, -0.15) is 0 Å². The van der Waals surface area contributed by atoms with Crippen LogP contribution in [0.1, 0.15) is 49.7 Å². The van der Waals surface area contributed by atoms with Crippen molar-refractivity contribution in [1.29, 1.82) is 0 Å². The number of esters is 1. The number of benzene rings is 2. The van der Waals surface area contributed by atoms with Gasteiger partial charge in [-0.1, -0.05) is 49.4 Å². The Bertz CT molecular complexity index is 824. The maximum atomic E-state index is 12.1. The molecule has 0 aliphatic heterocycles. The molecule has 0 heterocycles. The smallest absolute Gasteiger partial charge is 0.309 e. The molecule has 0 saturated heterocycles. The number of rotatable bonds is 10. The summed E-state index contributed by atoms with van der Waals surface area (Å²) in [4.78, 5) is 12.1. The van der Waals surface area contributed by atoms with Gasteiger partial charge in [0, 0.05) is 0 Å². The summed E-state index contributed by atoms with van der Waals surface area (Å²) in [7, 11) is 1.47. The Hall–Kier alpha value is -2.33. The molecular weight excluding hydrogens is 376 g/mol. The molecule has 0 spiro atoms. The largest absolute Gasteiger partial charge is 0.493 e. The second-order valence-corrected chi connectivity index (χ2v) is 8.81. The first-order valence-corrected chi connectivity index (χ1v) is 11.1. The average molecular weight is 409 g/mol. The molecule has 2 saturated carbocycles. The molecule has 0 bridgehead atoms. The van der Waals surface area contributed by atoms with Crippen LogP contribution in [-0.2, 0) is 20.9 Å². The molecule has 4 heteroatoms. The van der Waals surface area contributed by atoms with Crippen LogP contribution in [0.2, 0.25) is 0 Å². The van der Waals surface area contributed by atoms with Gasteiger partial charge < -0.3 is 14.2 Å². The van der Waals surface area contributed by atoms with E-state index in [1.807, 2.05) is 37.3 Å². The van der Waals surface area contributed by atoms with Gasteiger partial charge >= 0.3 is 5.97 Å². The highest BCUT2D eigenvalue weighted by atomic mass is 16.5. The molecule has 160 valence electrons. The fourth-order valence-electron chi connectivity index (χ4n) is 4.52. The molecule has 2 atom stereocenters. The van der Waals surface area contributed by atoms with Crippen LogP contribution in [0.15, 0.2) is 54.6 Å². The first-order chi connectivity index (χ1) is 14.6. The second-order valence-electron chi connectivity index (χ2n) is 8.81. The summed E-state index contributed by atoms with van der Waals surface area (Å²) in [6, 6.07) is 18.6. The van der Waals surface area contributed by atoms with Gasteiger partial charge in [0.05, 0.1) is 32.3 Å². The Morgan fingerprint density at radius 2 is 1.83 bits per heavy atom. The lowest BCUT2D eigenvalue weighted by Gasteiger charge is -2.35. The Morgan fingerprint density at radius 1 is 1.07 bits per heavy atom. The van der Waals surface area contributed by atoms with Crippen LogP contribution in [0.5, 0.6) is 5.75 Å². The molecule has 30 heavy (non-hydrogen) atoms. The average Bonchev–Trinajstić information content (AvgIpc) is 3.58. The van der Waals surface area contributed by atoms with Gasteiger partial charge in [-0.15, -0.1) is 0 Å². The van der Waals surface area contributed by atoms with Crippen LogP contribution in [0.25, 0.3) is 0 Å². The predicted octanol–water partition coefficient (Wildman–Crippen LogP) is 5.36. The molecule has 2 aromatic carbocycles. The van der Waals surface area contributed by atoms with Crippen molar-refractivity contribution in [1.82, 2.24) is 0 Å². The van der Waals surface area contributed by atoms with E-state index >= 15 is 0 Å². The minimum atomic E-state index is -0.132. The molecule has 0 radical (unpaired) electrons. The van der Waals surface area contributed by atoms with E-state index in [1.165, 1.54) is 31.1 Å². The van der Waals surface area contributed by atoms with Crippen LogP contribution in [0.4, 0.5) is 0 Å². The Kier molecular flexibility index (Phi) is 6.73. The maximum absolute atomic E-state index is 12.1. The third kappa shape index (κ3) is 5.23. The highest BCUT2D eigenvalue weighted by Gasteiger charge is 2.39. The van der Waals surface area contributed by atoms with E-state index in [9.17, 15) is 4.79 Å². The van der Waals surface area contributed by atoms with Crippen molar-refractivity contribution < 1.29 is 19.0 Å². The Balaban J connectivity index is 1.25. The van der Waals surface area contributed by atoms with Crippen molar-refractivity contribution in [2.24, 2.45) is 17.8 Å². The lowest BCUT2D eigenvalue weighted by molar-refractivity contribution is -0.145. The van der Waals surface area contributed by atoms with Gasteiger partial charge in [-0.25, -0.2) is 0 Å². The molecule has 2 aliphatic rings. The van der Waals surface area contributed by atoms with Gasteiger partial charge in [0.2, 0.25) is 0 Å². The monoisotopic (exact) mass is 408 g/mol. The zero-order valence-electron chi connectivity index (χ0n) is 18.0. The lowest BCUT2D eigenvalue weighted by atomic mass is 9.82. The van der Waals surface area contributed by atoms with Crippen molar-refractivity contribution in [3.8, 4) is 5.75 Å². The molecule has 0 amide bonds. The summed E-state index contributed by atoms with van der Waals surface area (Å²) in [5, 5.41) is 0. The van der Waals surface area contributed by atoms with Gasteiger partial charge in [-0.3, -0.25) is 4.79 Å². The SMILES string of the molecule is COC(=O)[C@@H](C)[C@H](c1cccc(OCC2CC(OCc3ccccc3)C2)c1)C1CC1. The minimum absolute atomic E-state index is 0.130. The van der Waals surface area contributed by atoms with Crippen LogP contribution in [0, 0.1) is 17.8 Å². The fourth-order valence-corrected chi connectivity index (χ4v) is 4.52.